The summed E-state index contributed by atoms with van der Waals surface area (Å²) >= 11 is 0. The topological polar surface area (TPSA) is 104 Å². The Bertz CT molecular complexity index is 471. The molecule has 1 rings (SSSR count). The van der Waals surface area contributed by atoms with Crippen molar-refractivity contribution >= 4 is 16.0 Å². The molecule has 0 radical (unpaired) electrons. The summed E-state index contributed by atoms with van der Waals surface area (Å²) in [6, 6.07) is 8.49. The zero-order valence-electron chi connectivity index (χ0n) is 8.91. The molecule has 7 heteroatoms. The van der Waals surface area contributed by atoms with Gasteiger partial charge in [0.1, 0.15) is 0 Å². The first kappa shape index (κ1) is 13.6. The van der Waals surface area contributed by atoms with Gasteiger partial charge in [0.05, 0.1) is 6.10 Å². The molecule has 1 unspecified atom stereocenters. The van der Waals surface area contributed by atoms with E-state index in [2.05, 4.69) is 0 Å². The number of carboxylic acids is 1. The second-order valence-electron chi connectivity index (χ2n) is 3.43. The smallest absolute Gasteiger partial charge is 0.320 e. The van der Waals surface area contributed by atoms with E-state index in [9.17, 15) is 18.3 Å². The van der Waals surface area contributed by atoms with E-state index < -0.39 is 27.8 Å². The lowest BCUT2D eigenvalue weighted by molar-refractivity contribution is -0.134. The minimum absolute atomic E-state index is 0.250. The normalized spacial score (nSPS) is 13.2. The fourth-order valence-corrected chi connectivity index (χ4v) is 2.05. The molecule has 94 valence electrons. The number of hydrogen-bond donors (Lipinski definition) is 3. The third kappa shape index (κ3) is 4.94. The van der Waals surface area contributed by atoms with Gasteiger partial charge in [-0.15, -0.1) is 0 Å². The van der Waals surface area contributed by atoms with Crippen LogP contribution in [0.2, 0.25) is 0 Å². The summed E-state index contributed by atoms with van der Waals surface area (Å²) in [6.45, 7) is -0.250. The molecule has 0 aliphatic carbocycles. The molecule has 0 saturated carbocycles. The Kier molecular flexibility index (Phi) is 4.62. The van der Waals surface area contributed by atoms with Crippen LogP contribution in [-0.2, 0) is 14.8 Å². The number of rotatable bonds is 6. The van der Waals surface area contributed by atoms with Crippen molar-refractivity contribution in [3.8, 4) is 0 Å². The van der Waals surface area contributed by atoms with Crippen LogP contribution in [0.3, 0.4) is 0 Å². The molecule has 0 fully saturated rings. The van der Waals surface area contributed by atoms with Crippen LogP contribution in [0, 0.1) is 0 Å². The van der Waals surface area contributed by atoms with Crippen molar-refractivity contribution in [1.29, 1.82) is 0 Å². The largest absolute Gasteiger partial charge is 0.480 e. The predicted octanol–water partition coefficient (Wildman–Crippen LogP) is -0.276. The zero-order chi connectivity index (χ0) is 12.9. The molecular formula is C10H13NO5S. The molecular weight excluding hydrogens is 246 g/mol. The second kappa shape index (κ2) is 5.76. The summed E-state index contributed by atoms with van der Waals surface area (Å²) in [5.74, 6) is -2.44. The van der Waals surface area contributed by atoms with E-state index >= 15 is 0 Å². The summed E-state index contributed by atoms with van der Waals surface area (Å²) in [5.41, 5.74) is 0.561. The lowest BCUT2D eigenvalue weighted by atomic mass is 10.1. The minimum atomic E-state index is -3.89. The van der Waals surface area contributed by atoms with Crippen molar-refractivity contribution < 1.29 is 23.4 Å². The summed E-state index contributed by atoms with van der Waals surface area (Å²) in [5, 5.41) is 18.0. The molecule has 0 aliphatic rings. The second-order valence-corrected chi connectivity index (χ2v) is 5.23. The van der Waals surface area contributed by atoms with E-state index in [1.165, 1.54) is 0 Å². The maximum Gasteiger partial charge on any atom is 0.320 e. The number of hydrogen-bond acceptors (Lipinski definition) is 4. The van der Waals surface area contributed by atoms with Crippen molar-refractivity contribution in [2.75, 3.05) is 12.3 Å². The van der Waals surface area contributed by atoms with Crippen LogP contribution in [-0.4, -0.2) is 36.9 Å². The standard InChI is InChI=1S/C10H13NO5S/c12-9(8-4-2-1-3-5-8)6-11-17(15,16)7-10(13)14/h1-5,9,11-12H,6-7H2,(H,13,14). The Balaban J connectivity index is 2.54. The summed E-state index contributed by atoms with van der Waals surface area (Å²) in [4.78, 5) is 10.2. The van der Waals surface area contributed by atoms with E-state index in [1.54, 1.807) is 30.3 Å². The highest BCUT2D eigenvalue weighted by atomic mass is 32.2. The molecule has 0 bridgehead atoms. The molecule has 1 aromatic carbocycles. The Labute approximate surface area is 99.0 Å². The molecule has 0 spiro atoms. The van der Waals surface area contributed by atoms with Gasteiger partial charge in [-0.3, -0.25) is 4.79 Å². The lowest BCUT2D eigenvalue weighted by Crippen LogP contribution is -2.33. The summed E-state index contributed by atoms with van der Waals surface area (Å²) in [7, 11) is -3.89. The van der Waals surface area contributed by atoms with Crippen LogP contribution in [0.15, 0.2) is 30.3 Å². The number of carbonyl (C=O) groups is 1. The number of aliphatic carboxylic acids is 1. The van der Waals surface area contributed by atoms with Gasteiger partial charge in [0.2, 0.25) is 10.0 Å². The molecule has 0 aromatic heterocycles. The van der Waals surface area contributed by atoms with Gasteiger partial charge in [0.25, 0.3) is 0 Å². The molecule has 1 atom stereocenters. The SMILES string of the molecule is O=C(O)CS(=O)(=O)NCC(O)c1ccccc1. The van der Waals surface area contributed by atoms with Gasteiger partial charge in [0, 0.05) is 6.54 Å². The quantitative estimate of drug-likeness (QED) is 0.652. The average molecular weight is 259 g/mol. The number of sulfonamides is 1. The fraction of sp³-hybridized carbons (Fsp3) is 0.300. The Hall–Kier alpha value is -1.44. The van der Waals surface area contributed by atoms with E-state index in [0.717, 1.165) is 0 Å². The van der Waals surface area contributed by atoms with Crippen LogP contribution in [0.4, 0.5) is 0 Å². The maximum absolute atomic E-state index is 11.2. The first-order valence-electron chi connectivity index (χ1n) is 4.83. The molecule has 6 nitrogen and oxygen atoms in total. The van der Waals surface area contributed by atoms with Crippen LogP contribution in [0.5, 0.6) is 0 Å². The Morgan fingerprint density at radius 1 is 1.29 bits per heavy atom. The number of carboxylic acid groups (broad SMARTS) is 1. The van der Waals surface area contributed by atoms with E-state index in [0.29, 0.717) is 5.56 Å². The minimum Gasteiger partial charge on any atom is -0.480 e. The summed E-state index contributed by atoms with van der Waals surface area (Å²) in [6.07, 6.45) is -1.00. The van der Waals surface area contributed by atoms with Gasteiger partial charge in [-0.25, -0.2) is 13.1 Å². The van der Waals surface area contributed by atoms with Gasteiger partial charge < -0.3 is 10.2 Å². The average Bonchev–Trinajstić information content (AvgIpc) is 2.25. The van der Waals surface area contributed by atoms with Crippen LogP contribution in [0.1, 0.15) is 11.7 Å². The molecule has 0 heterocycles. The van der Waals surface area contributed by atoms with Gasteiger partial charge in [-0.1, -0.05) is 30.3 Å². The zero-order valence-corrected chi connectivity index (χ0v) is 9.72. The number of benzene rings is 1. The van der Waals surface area contributed by atoms with Crippen molar-refractivity contribution in [2.45, 2.75) is 6.10 Å². The highest BCUT2D eigenvalue weighted by molar-refractivity contribution is 7.90. The lowest BCUT2D eigenvalue weighted by Gasteiger charge is -2.11. The molecule has 0 aliphatic heterocycles. The monoisotopic (exact) mass is 259 g/mol. The van der Waals surface area contributed by atoms with E-state index in [-0.39, 0.29) is 6.54 Å². The fourth-order valence-electron chi connectivity index (χ4n) is 1.21. The van der Waals surface area contributed by atoms with Gasteiger partial charge >= 0.3 is 5.97 Å². The maximum atomic E-state index is 11.2. The molecule has 17 heavy (non-hydrogen) atoms. The van der Waals surface area contributed by atoms with E-state index in [1.807, 2.05) is 4.72 Å². The Morgan fingerprint density at radius 3 is 2.41 bits per heavy atom. The number of aliphatic hydroxyl groups excluding tert-OH is 1. The van der Waals surface area contributed by atoms with Crippen LogP contribution >= 0.6 is 0 Å². The molecule has 1 aromatic rings. The summed E-state index contributed by atoms with van der Waals surface area (Å²) < 4.78 is 24.4. The first-order valence-corrected chi connectivity index (χ1v) is 6.48. The van der Waals surface area contributed by atoms with Gasteiger partial charge in [-0.05, 0) is 5.56 Å². The van der Waals surface area contributed by atoms with Crippen molar-refractivity contribution in [3.05, 3.63) is 35.9 Å². The highest BCUT2D eigenvalue weighted by Gasteiger charge is 2.17. The third-order valence-electron chi connectivity index (χ3n) is 1.99. The van der Waals surface area contributed by atoms with Crippen molar-refractivity contribution in [1.82, 2.24) is 4.72 Å². The molecule has 0 saturated heterocycles. The third-order valence-corrected chi connectivity index (χ3v) is 3.23. The number of aliphatic hydroxyl groups is 1. The molecule has 0 amide bonds. The van der Waals surface area contributed by atoms with Crippen LogP contribution < -0.4 is 4.72 Å². The van der Waals surface area contributed by atoms with Gasteiger partial charge in [-0.2, -0.15) is 0 Å². The van der Waals surface area contributed by atoms with Crippen molar-refractivity contribution in [2.24, 2.45) is 0 Å². The van der Waals surface area contributed by atoms with Crippen molar-refractivity contribution in [3.63, 3.8) is 0 Å². The Morgan fingerprint density at radius 2 is 1.88 bits per heavy atom. The predicted molar refractivity (Wildman–Crippen MR) is 60.8 cm³/mol. The molecule has 3 N–H and O–H groups in total. The van der Waals surface area contributed by atoms with Crippen LogP contribution in [0.25, 0.3) is 0 Å². The highest BCUT2D eigenvalue weighted by Crippen LogP contribution is 2.10. The first-order chi connectivity index (χ1) is 7.91. The number of nitrogens with one attached hydrogen (secondary N) is 1. The van der Waals surface area contributed by atoms with E-state index in [4.69, 9.17) is 5.11 Å². The van der Waals surface area contributed by atoms with Gasteiger partial charge in [0.15, 0.2) is 5.75 Å².